The SMILES string of the molecule is COC(=O)c1ccc(Nc2cccc(F)c2[N+](=O)[O-])s1. The third-order valence-electron chi connectivity index (χ3n) is 2.42. The zero-order chi connectivity index (χ0) is 14.7. The Labute approximate surface area is 117 Å². The van der Waals surface area contributed by atoms with Crippen LogP contribution in [-0.4, -0.2) is 18.0 Å². The average molecular weight is 296 g/mol. The van der Waals surface area contributed by atoms with E-state index in [1.54, 1.807) is 6.07 Å². The number of rotatable bonds is 4. The molecule has 0 radical (unpaired) electrons. The van der Waals surface area contributed by atoms with Gasteiger partial charge >= 0.3 is 11.7 Å². The smallest absolute Gasteiger partial charge is 0.348 e. The Balaban J connectivity index is 2.31. The molecule has 1 heterocycles. The van der Waals surface area contributed by atoms with Gasteiger partial charge in [0.25, 0.3) is 0 Å². The van der Waals surface area contributed by atoms with Gasteiger partial charge in [-0.1, -0.05) is 6.07 Å². The third-order valence-corrected chi connectivity index (χ3v) is 3.40. The first kappa shape index (κ1) is 13.9. The molecule has 0 unspecified atom stereocenters. The minimum Gasteiger partial charge on any atom is -0.465 e. The summed E-state index contributed by atoms with van der Waals surface area (Å²) in [6.07, 6.45) is 0. The van der Waals surface area contributed by atoms with Crippen LogP contribution in [0.5, 0.6) is 0 Å². The maximum absolute atomic E-state index is 13.4. The molecule has 1 aromatic heterocycles. The Morgan fingerprint density at radius 3 is 2.80 bits per heavy atom. The van der Waals surface area contributed by atoms with Crippen molar-refractivity contribution < 1.29 is 18.8 Å². The van der Waals surface area contributed by atoms with E-state index in [4.69, 9.17) is 0 Å². The van der Waals surface area contributed by atoms with Crippen molar-refractivity contribution in [1.82, 2.24) is 0 Å². The number of nitrogens with zero attached hydrogens (tertiary/aromatic N) is 1. The Bertz CT molecular complexity index is 671. The number of thiophene rings is 1. The van der Waals surface area contributed by atoms with E-state index < -0.39 is 22.4 Å². The van der Waals surface area contributed by atoms with Gasteiger partial charge in [0, 0.05) is 0 Å². The van der Waals surface area contributed by atoms with Crippen molar-refractivity contribution in [2.45, 2.75) is 0 Å². The molecule has 0 bridgehead atoms. The molecule has 0 spiro atoms. The number of methoxy groups -OCH3 is 1. The average Bonchev–Trinajstić information content (AvgIpc) is 2.86. The molecule has 0 aliphatic heterocycles. The van der Waals surface area contributed by atoms with Gasteiger partial charge in [0.05, 0.1) is 17.0 Å². The lowest BCUT2D eigenvalue weighted by atomic mass is 10.2. The van der Waals surface area contributed by atoms with Gasteiger partial charge in [-0.2, -0.15) is 4.39 Å². The van der Waals surface area contributed by atoms with E-state index in [0.717, 1.165) is 17.4 Å². The number of carbonyl (C=O) groups is 1. The molecule has 8 heteroatoms. The minimum atomic E-state index is -0.926. The summed E-state index contributed by atoms with van der Waals surface area (Å²) in [5.74, 6) is -1.43. The van der Waals surface area contributed by atoms with E-state index in [0.29, 0.717) is 9.88 Å². The molecule has 20 heavy (non-hydrogen) atoms. The molecule has 0 fully saturated rings. The van der Waals surface area contributed by atoms with Crippen LogP contribution in [0.4, 0.5) is 20.8 Å². The first-order valence-corrected chi connectivity index (χ1v) is 6.22. The number of nitro groups is 1. The monoisotopic (exact) mass is 296 g/mol. The van der Waals surface area contributed by atoms with Gasteiger partial charge in [0.15, 0.2) is 0 Å². The number of benzene rings is 1. The predicted molar refractivity (Wildman–Crippen MR) is 72.0 cm³/mol. The van der Waals surface area contributed by atoms with Crippen molar-refractivity contribution in [2.75, 3.05) is 12.4 Å². The Morgan fingerprint density at radius 1 is 1.40 bits per heavy atom. The van der Waals surface area contributed by atoms with E-state index in [2.05, 4.69) is 10.1 Å². The predicted octanol–water partition coefficient (Wildman–Crippen LogP) is 3.33. The number of nitro benzene ring substituents is 1. The summed E-state index contributed by atoms with van der Waals surface area (Å²) in [5, 5.41) is 14.0. The largest absolute Gasteiger partial charge is 0.465 e. The second-order valence-corrected chi connectivity index (χ2v) is 4.76. The van der Waals surface area contributed by atoms with E-state index >= 15 is 0 Å². The molecule has 2 rings (SSSR count). The fourth-order valence-corrected chi connectivity index (χ4v) is 2.39. The van der Waals surface area contributed by atoms with Crippen LogP contribution in [0.2, 0.25) is 0 Å². The second kappa shape index (κ2) is 5.66. The number of carbonyl (C=O) groups excluding carboxylic acids is 1. The summed E-state index contributed by atoms with van der Waals surface area (Å²) in [6.45, 7) is 0. The molecule has 0 amide bonds. The molecular weight excluding hydrogens is 287 g/mol. The number of ether oxygens (including phenoxy) is 1. The number of anilines is 2. The molecule has 0 saturated heterocycles. The van der Waals surface area contributed by atoms with Gasteiger partial charge in [-0.05, 0) is 24.3 Å². The highest BCUT2D eigenvalue weighted by Gasteiger charge is 2.20. The Morgan fingerprint density at radius 2 is 2.15 bits per heavy atom. The zero-order valence-corrected chi connectivity index (χ0v) is 11.1. The molecule has 0 aliphatic carbocycles. The standard InChI is InChI=1S/C12H9FN2O4S/c1-19-12(16)9-5-6-10(20-9)14-8-4-2-3-7(13)11(8)15(17)18/h2-6,14H,1H3. The van der Waals surface area contributed by atoms with Crippen molar-refractivity contribution >= 4 is 33.7 Å². The Kier molecular flexibility index (Phi) is 3.94. The van der Waals surface area contributed by atoms with Crippen LogP contribution in [-0.2, 0) is 4.74 Å². The summed E-state index contributed by atoms with van der Waals surface area (Å²) < 4.78 is 18.0. The van der Waals surface area contributed by atoms with Crippen LogP contribution in [0.3, 0.4) is 0 Å². The highest BCUT2D eigenvalue weighted by Crippen LogP contribution is 2.32. The maximum Gasteiger partial charge on any atom is 0.348 e. The van der Waals surface area contributed by atoms with Crippen LogP contribution >= 0.6 is 11.3 Å². The van der Waals surface area contributed by atoms with Crippen molar-refractivity contribution in [3.63, 3.8) is 0 Å². The molecule has 0 saturated carbocycles. The van der Waals surface area contributed by atoms with Gasteiger partial charge in [-0.25, -0.2) is 4.79 Å². The lowest BCUT2D eigenvalue weighted by molar-refractivity contribution is -0.386. The van der Waals surface area contributed by atoms with Crippen molar-refractivity contribution in [1.29, 1.82) is 0 Å². The first-order chi connectivity index (χ1) is 9.52. The van der Waals surface area contributed by atoms with Gasteiger partial charge in [-0.3, -0.25) is 10.1 Å². The van der Waals surface area contributed by atoms with Crippen LogP contribution in [0.25, 0.3) is 0 Å². The van der Waals surface area contributed by atoms with Crippen LogP contribution in [0.15, 0.2) is 30.3 Å². The molecule has 0 aliphatic rings. The van der Waals surface area contributed by atoms with Crippen LogP contribution in [0, 0.1) is 15.9 Å². The van der Waals surface area contributed by atoms with Crippen molar-refractivity contribution in [3.05, 3.63) is 51.1 Å². The van der Waals surface area contributed by atoms with Gasteiger partial charge < -0.3 is 10.1 Å². The van der Waals surface area contributed by atoms with E-state index in [1.165, 1.54) is 25.3 Å². The molecular formula is C12H9FN2O4S. The van der Waals surface area contributed by atoms with Crippen molar-refractivity contribution in [3.8, 4) is 0 Å². The molecule has 6 nitrogen and oxygen atoms in total. The number of hydrogen-bond acceptors (Lipinski definition) is 6. The topological polar surface area (TPSA) is 81.5 Å². The lowest BCUT2D eigenvalue weighted by Gasteiger charge is -2.04. The molecule has 0 atom stereocenters. The summed E-state index contributed by atoms with van der Waals surface area (Å²) in [7, 11) is 1.26. The minimum absolute atomic E-state index is 0.0215. The summed E-state index contributed by atoms with van der Waals surface area (Å²) in [6, 6.07) is 6.84. The first-order valence-electron chi connectivity index (χ1n) is 5.41. The quantitative estimate of drug-likeness (QED) is 0.531. The Hall–Kier alpha value is -2.48. The summed E-state index contributed by atoms with van der Waals surface area (Å²) in [5.41, 5.74) is -0.617. The van der Waals surface area contributed by atoms with E-state index in [9.17, 15) is 19.3 Å². The zero-order valence-electron chi connectivity index (χ0n) is 10.3. The molecule has 104 valence electrons. The molecule has 2 aromatic rings. The number of hydrogen-bond donors (Lipinski definition) is 1. The number of para-hydroxylation sites is 1. The number of esters is 1. The third kappa shape index (κ3) is 2.75. The molecule has 1 N–H and O–H groups in total. The van der Waals surface area contributed by atoms with Crippen molar-refractivity contribution in [2.24, 2.45) is 0 Å². The highest BCUT2D eigenvalue weighted by atomic mass is 32.1. The van der Waals surface area contributed by atoms with E-state index in [1.807, 2.05) is 0 Å². The normalized spacial score (nSPS) is 10.1. The van der Waals surface area contributed by atoms with Crippen LogP contribution in [0.1, 0.15) is 9.67 Å². The number of halogens is 1. The maximum atomic E-state index is 13.4. The second-order valence-electron chi connectivity index (χ2n) is 3.67. The highest BCUT2D eigenvalue weighted by molar-refractivity contribution is 7.17. The molecule has 1 aromatic carbocycles. The van der Waals surface area contributed by atoms with Gasteiger partial charge in [-0.15, -0.1) is 11.3 Å². The van der Waals surface area contributed by atoms with Gasteiger partial charge in [0.1, 0.15) is 10.6 Å². The van der Waals surface area contributed by atoms with E-state index in [-0.39, 0.29) is 5.69 Å². The van der Waals surface area contributed by atoms with Gasteiger partial charge in [0.2, 0.25) is 5.82 Å². The fourth-order valence-electron chi connectivity index (χ4n) is 1.55. The summed E-state index contributed by atoms with van der Waals surface area (Å²) >= 11 is 1.06. The lowest BCUT2D eigenvalue weighted by Crippen LogP contribution is -1.98. The fraction of sp³-hybridized carbons (Fsp3) is 0.0833. The summed E-state index contributed by atoms with van der Waals surface area (Å²) in [4.78, 5) is 21.7. The van der Waals surface area contributed by atoms with Crippen LogP contribution < -0.4 is 5.32 Å². The number of nitrogens with one attached hydrogen (secondary N) is 1.